The number of anilines is 3. The molecule has 0 spiro atoms. The Balaban J connectivity index is 1.23. The molecule has 2 aliphatic heterocycles. The van der Waals surface area contributed by atoms with Gasteiger partial charge in [0.15, 0.2) is 12.1 Å². The number of nitrogens with zero attached hydrogens (tertiary/aromatic N) is 13. The van der Waals surface area contributed by atoms with Gasteiger partial charge in [0.25, 0.3) is 0 Å². The van der Waals surface area contributed by atoms with E-state index in [0.29, 0.717) is 134 Å². The van der Waals surface area contributed by atoms with E-state index >= 15 is 0 Å². The van der Waals surface area contributed by atoms with Gasteiger partial charge in [0, 0.05) is 58.9 Å². The normalized spacial score (nSPS) is 17.0. The maximum Gasteiger partial charge on any atom is 0.250 e. The summed E-state index contributed by atoms with van der Waals surface area (Å²) in [6.07, 6.45) is 9.76. The summed E-state index contributed by atoms with van der Waals surface area (Å²) in [4.78, 5) is 49.3. The summed E-state index contributed by atoms with van der Waals surface area (Å²) in [5, 5.41) is 40.9. The molecular weight excluding hydrogens is 831 g/mol. The molecule has 354 valence electrons. The summed E-state index contributed by atoms with van der Waals surface area (Å²) in [7, 11) is 0. The maximum absolute atomic E-state index is 13.9. The van der Waals surface area contributed by atoms with E-state index in [-0.39, 0.29) is 36.4 Å². The van der Waals surface area contributed by atoms with Gasteiger partial charge in [0.05, 0.1) is 81.6 Å². The molecule has 3 aromatic rings. The van der Waals surface area contributed by atoms with Crippen molar-refractivity contribution in [3.05, 3.63) is 23.8 Å². The number of carbonyl (C=O) groups excluding carboxylic acids is 2. The number of aromatic nitrogens is 9. The van der Waals surface area contributed by atoms with Gasteiger partial charge in [-0.05, 0) is 32.2 Å². The molecule has 24 nitrogen and oxygen atoms in total. The molecule has 5 rings (SSSR count). The molecule has 2 amide bonds. The summed E-state index contributed by atoms with van der Waals surface area (Å²) in [5.74, 6) is 3.12. The fourth-order valence-electron chi connectivity index (χ4n) is 7.18. The van der Waals surface area contributed by atoms with Crippen LogP contribution in [0, 0.1) is 18.3 Å². The summed E-state index contributed by atoms with van der Waals surface area (Å²) in [6, 6.07) is -2.64. The van der Waals surface area contributed by atoms with Crippen LogP contribution in [-0.2, 0) is 23.8 Å². The lowest BCUT2D eigenvalue weighted by molar-refractivity contribution is -0.139. The number of nitrogens with two attached hydrogens (primary N) is 3. The zero-order valence-corrected chi connectivity index (χ0v) is 37.3. The van der Waals surface area contributed by atoms with Crippen molar-refractivity contribution >= 4 is 29.7 Å². The number of amides is 2. The van der Waals surface area contributed by atoms with Crippen molar-refractivity contribution in [1.82, 2.24) is 54.7 Å². The third kappa shape index (κ3) is 13.9. The van der Waals surface area contributed by atoms with Gasteiger partial charge >= 0.3 is 0 Å². The number of carbonyl (C=O) groups is 2. The third-order valence-corrected chi connectivity index (χ3v) is 11.1. The van der Waals surface area contributed by atoms with Gasteiger partial charge in [-0.3, -0.25) is 9.59 Å². The Labute approximate surface area is 374 Å². The molecular formula is C40H67N17O7. The minimum Gasteiger partial charge on any atom is -0.394 e. The van der Waals surface area contributed by atoms with Crippen LogP contribution in [0.1, 0.15) is 75.6 Å². The number of rotatable bonds is 26. The van der Waals surface area contributed by atoms with Crippen LogP contribution in [0.4, 0.5) is 17.8 Å². The number of nitrogens with one attached hydrogen (secondary N) is 1. The van der Waals surface area contributed by atoms with Crippen LogP contribution in [0.3, 0.4) is 0 Å². The van der Waals surface area contributed by atoms with Crippen LogP contribution in [0.15, 0.2) is 12.4 Å². The van der Waals surface area contributed by atoms with Crippen molar-refractivity contribution in [1.29, 1.82) is 0 Å². The van der Waals surface area contributed by atoms with E-state index in [1.165, 1.54) is 9.36 Å². The second kappa shape index (κ2) is 25.4. The van der Waals surface area contributed by atoms with Crippen LogP contribution in [-0.4, -0.2) is 195 Å². The summed E-state index contributed by atoms with van der Waals surface area (Å²) < 4.78 is 19.2. The average molecular weight is 898 g/mol. The zero-order chi connectivity index (χ0) is 46.0. The van der Waals surface area contributed by atoms with Crippen molar-refractivity contribution in [3.8, 4) is 12.3 Å². The molecule has 2 fully saturated rings. The number of aliphatic hydroxyl groups is 2. The molecule has 5 heterocycles. The molecule has 24 heteroatoms. The first kappa shape index (κ1) is 49.9. The minimum atomic E-state index is -1.04. The van der Waals surface area contributed by atoms with Gasteiger partial charge in [0.1, 0.15) is 6.61 Å². The predicted molar refractivity (Wildman–Crippen MR) is 236 cm³/mol. The highest BCUT2D eigenvalue weighted by Gasteiger charge is 2.35. The molecule has 0 aliphatic carbocycles. The quantitative estimate of drug-likeness (QED) is 0.0378. The summed E-state index contributed by atoms with van der Waals surface area (Å²) in [5.41, 5.74) is 19.3. The monoisotopic (exact) mass is 898 g/mol. The van der Waals surface area contributed by atoms with Crippen molar-refractivity contribution in [2.75, 3.05) is 127 Å². The highest BCUT2D eigenvalue weighted by Crippen LogP contribution is 2.24. The predicted octanol–water partition coefficient (Wildman–Crippen LogP) is -1.91. The summed E-state index contributed by atoms with van der Waals surface area (Å²) >= 11 is 0. The second-order valence-corrected chi connectivity index (χ2v) is 16.1. The van der Waals surface area contributed by atoms with E-state index < -0.39 is 24.8 Å². The Bertz CT molecular complexity index is 1910. The van der Waals surface area contributed by atoms with E-state index in [0.717, 1.165) is 12.8 Å². The van der Waals surface area contributed by atoms with Crippen molar-refractivity contribution in [2.24, 2.45) is 23.1 Å². The number of aliphatic hydroxyl groups excluding tert-OH is 2. The number of hydrogen-bond acceptors (Lipinski definition) is 20. The van der Waals surface area contributed by atoms with Crippen LogP contribution in [0.5, 0.6) is 0 Å². The van der Waals surface area contributed by atoms with Crippen molar-refractivity contribution in [3.63, 3.8) is 0 Å². The smallest absolute Gasteiger partial charge is 0.250 e. The van der Waals surface area contributed by atoms with E-state index in [2.05, 4.69) is 31.9 Å². The first-order valence-corrected chi connectivity index (χ1v) is 22.0. The largest absolute Gasteiger partial charge is 0.394 e. The molecule has 0 bridgehead atoms. The van der Waals surface area contributed by atoms with Gasteiger partial charge in [-0.25, -0.2) is 9.36 Å². The number of piperazine rings is 2. The first-order chi connectivity index (χ1) is 30.9. The SMILES string of the molecule is C#CCOCCOCCOCCNc1nc(N2CCN(C(=O)C([C@@H](C)O)n3cc([C@@H](N)CCCCN)nn3)CC2)nc(N2CCN(C(=O)[C@H](CO)n3cc([C@@H](N)C(C)C)nn3)CC2)n1. The molecule has 1 unspecified atom stereocenters. The Morgan fingerprint density at radius 2 is 1.36 bits per heavy atom. The maximum atomic E-state index is 13.9. The van der Waals surface area contributed by atoms with E-state index in [1.807, 2.05) is 23.6 Å². The molecule has 64 heavy (non-hydrogen) atoms. The molecule has 2 aliphatic rings. The minimum absolute atomic E-state index is 0.119. The van der Waals surface area contributed by atoms with Crippen molar-refractivity contribution < 1.29 is 34.0 Å². The lowest BCUT2D eigenvalue weighted by atomic mass is 10.0. The van der Waals surface area contributed by atoms with E-state index in [4.69, 9.17) is 52.8 Å². The van der Waals surface area contributed by atoms with Crippen LogP contribution < -0.4 is 32.3 Å². The number of ether oxygens (including phenoxy) is 3. The standard InChI is InChI=1S/C40H67N17O7/c1-5-19-62-21-23-64-24-22-63-20-10-44-38-45-39(54-15-11-52(12-16-54)36(60)33(27-58)56-26-32(49-50-56)34(43)28(2)3)47-40(46-38)55-17-13-53(14-18-55)37(61)35(29(4)59)57-25-31(48-51-57)30(42)8-6-7-9-41/h1,25-26,28-30,33-35,58-59H,6-24,27,41-43H2,2-4H3,(H,44,45,46,47)/t29-,30+,33+,34+,35?/m1/s1. The Morgan fingerprint density at radius 3 is 1.94 bits per heavy atom. The molecule has 0 saturated carbocycles. The zero-order valence-electron chi connectivity index (χ0n) is 37.3. The van der Waals surface area contributed by atoms with E-state index in [1.54, 1.807) is 29.1 Å². The fraction of sp³-hybridized carbons (Fsp3) is 0.725. The Hall–Kier alpha value is -5.13. The Kier molecular flexibility index (Phi) is 19.8. The number of hydrogen-bond donors (Lipinski definition) is 6. The number of terminal acetylenes is 1. The van der Waals surface area contributed by atoms with Gasteiger partial charge in [-0.15, -0.1) is 16.6 Å². The highest BCUT2D eigenvalue weighted by molar-refractivity contribution is 5.81. The van der Waals surface area contributed by atoms with E-state index in [9.17, 15) is 19.8 Å². The lowest BCUT2D eigenvalue weighted by Gasteiger charge is -2.38. The summed E-state index contributed by atoms with van der Waals surface area (Å²) in [6.45, 7) is 11.2. The molecule has 5 atom stereocenters. The van der Waals surface area contributed by atoms with Gasteiger partial charge in [0.2, 0.25) is 29.7 Å². The van der Waals surface area contributed by atoms with Gasteiger partial charge in [-0.1, -0.05) is 36.6 Å². The lowest BCUT2D eigenvalue weighted by Crippen LogP contribution is -2.53. The average Bonchev–Trinajstić information content (AvgIpc) is 3.99. The fourth-order valence-corrected chi connectivity index (χ4v) is 7.18. The second-order valence-electron chi connectivity index (χ2n) is 16.1. The number of unbranched alkanes of at least 4 members (excludes halogenated alkanes) is 1. The van der Waals surface area contributed by atoms with Crippen LogP contribution >= 0.6 is 0 Å². The topological polar surface area (TPSA) is 305 Å². The molecule has 0 aromatic carbocycles. The van der Waals surface area contributed by atoms with Crippen LogP contribution in [0.25, 0.3) is 0 Å². The third-order valence-electron chi connectivity index (χ3n) is 11.1. The molecule has 3 aromatic heterocycles. The van der Waals surface area contributed by atoms with Crippen molar-refractivity contribution in [2.45, 2.75) is 70.3 Å². The molecule has 0 radical (unpaired) electrons. The molecule has 2 saturated heterocycles. The highest BCUT2D eigenvalue weighted by atomic mass is 16.5. The van der Waals surface area contributed by atoms with Crippen LogP contribution in [0.2, 0.25) is 0 Å². The Morgan fingerprint density at radius 1 is 0.797 bits per heavy atom. The van der Waals surface area contributed by atoms with Gasteiger partial charge in [-0.2, -0.15) is 15.0 Å². The van der Waals surface area contributed by atoms with Gasteiger partial charge < -0.3 is 66.5 Å². The molecule has 9 N–H and O–H groups in total. The first-order valence-electron chi connectivity index (χ1n) is 22.0.